The Morgan fingerprint density at radius 2 is 2.08 bits per heavy atom. The Labute approximate surface area is 163 Å². The highest BCUT2D eigenvalue weighted by Gasteiger charge is 2.12. The molecule has 0 saturated carbocycles. The molecule has 0 aliphatic carbocycles. The van der Waals surface area contributed by atoms with Crippen molar-refractivity contribution in [3.8, 4) is 0 Å². The molecule has 1 aromatic heterocycles. The fourth-order valence-corrected chi connectivity index (χ4v) is 2.49. The first-order chi connectivity index (χ1) is 11.0. The molecule has 0 spiro atoms. The van der Waals surface area contributed by atoms with Gasteiger partial charge in [0, 0.05) is 24.2 Å². The van der Waals surface area contributed by atoms with Gasteiger partial charge in [0.15, 0.2) is 5.96 Å². The molecule has 0 amide bonds. The van der Waals surface area contributed by atoms with Crippen LogP contribution < -0.4 is 10.6 Å². The van der Waals surface area contributed by atoms with Gasteiger partial charge in [-0.25, -0.2) is 4.39 Å². The van der Waals surface area contributed by atoms with Crippen molar-refractivity contribution in [2.75, 3.05) is 13.6 Å². The topological polar surface area (TPSA) is 49.6 Å². The lowest BCUT2D eigenvalue weighted by Crippen LogP contribution is -2.39. The number of rotatable bonds is 5. The van der Waals surface area contributed by atoms with E-state index < -0.39 is 0 Å². The molecule has 0 aliphatic rings. The summed E-state index contributed by atoms with van der Waals surface area (Å²) in [5, 5.41) is 6.82. The molecule has 24 heavy (non-hydrogen) atoms. The first-order valence-electron chi connectivity index (χ1n) is 7.47. The minimum absolute atomic E-state index is 0. The van der Waals surface area contributed by atoms with Crippen molar-refractivity contribution in [2.24, 2.45) is 4.99 Å². The molecule has 0 saturated heterocycles. The molecule has 1 unspecified atom stereocenters. The van der Waals surface area contributed by atoms with Crippen LogP contribution in [0.15, 0.2) is 39.7 Å². The number of nitrogens with one attached hydrogen (secondary N) is 2. The third kappa shape index (κ3) is 5.66. The van der Waals surface area contributed by atoms with Crippen molar-refractivity contribution >= 4 is 41.5 Å². The molecule has 2 rings (SSSR count). The van der Waals surface area contributed by atoms with E-state index in [2.05, 4.69) is 15.6 Å². The fourth-order valence-electron chi connectivity index (χ4n) is 2.23. The molecule has 4 nitrogen and oxygen atoms in total. The van der Waals surface area contributed by atoms with E-state index in [1.54, 1.807) is 19.2 Å². The van der Waals surface area contributed by atoms with Gasteiger partial charge in [0.05, 0.1) is 6.04 Å². The summed E-state index contributed by atoms with van der Waals surface area (Å²) >= 11 is 6.02. The molecule has 1 atom stereocenters. The van der Waals surface area contributed by atoms with Gasteiger partial charge in [-0.1, -0.05) is 17.7 Å². The van der Waals surface area contributed by atoms with Gasteiger partial charge in [-0.3, -0.25) is 4.99 Å². The standard InChI is InChI=1S/C17H21ClFN3O.HI/c1-11-7-8-16(23-11)12(2)22-17(20-3)21-10-9-13-14(18)5-4-6-15(13)19;/h4-8,12H,9-10H2,1-3H3,(H2,20,21,22);1H. The smallest absolute Gasteiger partial charge is 0.191 e. The van der Waals surface area contributed by atoms with Crippen LogP contribution in [-0.4, -0.2) is 19.6 Å². The van der Waals surface area contributed by atoms with E-state index >= 15 is 0 Å². The second-order valence-corrected chi connectivity index (χ2v) is 5.67. The summed E-state index contributed by atoms with van der Waals surface area (Å²) in [7, 11) is 1.69. The van der Waals surface area contributed by atoms with E-state index in [-0.39, 0.29) is 35.8 Å². The monoisotopic (exact) mass is 465 g/mol. The highest BCUT2D eigenvalue weighted by Crippen LogP contribution is 2.19. The van der Waals surface area contributed by atoms with Crippen molar-refractivity contribution in [3.63, 3.8) is 0 Å². The Morgan fingerprint density at radius 1 is 1.33 bits per heavy atom. The molecule has 2 aromatic rings. The van der Waals surface area contributed by atoms with Crippen molar-refractivity contribution in [3.05, 3.63) is 58.3 Å². The third-order valence-corrected chi connectivity index (χ3v) is 3.85. The Bertz CT molecular complexity index is 670. The summed E-state index contributed by atoms with van der Waals surface area (Å²) in [5.41, 5.74) is 0.506. The second kappa shape index (κ2) is 9.88. The molecule has 0 aliphatic heterocycles. The van der Waals surface area contributed by atoms with E-state index in [0.717, 1.165) is 11.5 Å². The van der Waals surface area contributed by atoms with Crippen LogP contribution in [0.25, 0.3) is 0 Å². The lowest BCUT2D eigenvalue weighted by atomic mass is 10.1. The number of furan rings is 1. The zero-order valence-corrected chi connectivity index (χ0v) is 17.0. The largest absolute Gasteiger partial charge is 0.464 e. The summed E-state index contributed by atoms with van der Waals surface area (Å²) < 4.78 is 19.3. The molecule has 2 N–H and O–H groups in total. The summed E-state index contributed by atoms with van der Waals surface area (Å²) in [6, 6.07) is 8.53. The Kier molecular flexibility index (Phi) is 8.55. The zero-order valence-electron chi connectivity index (χ0n) is 13.9. The normalized spacial score (nSPS) is 12.5. The van der Waals surface area contributed by atoms with E-state index in [4.69, 9.17) is 16.0 Å². The summed E-state index contributed by atoms with van der Waals surface area (Å²) in [5.74, 6) is 2.04. The van der Waals surface area contributed by atoms with Crippen LogP contribution in [-0.2, 0) is 6.42 Å². The third-order valence-electron chi connectivity index (χ3n) is 3.49. The molecule has 1 heterocycles. The number of benzene rings is 1. The highest BCUT2D eigenvalue weighted by atomic mass is 127. The molecule has 0 bridgehead atoms. The van der Waals surface area contributed by atoms with Crippen LogP contribution >= 0.6 is 35.6 Å². The molecule has 7 heteroatoms. The predicted octanol–water partition coefficient (Wildman–Crippen LogP) is 4.47. The average molecular weight is 466 g/mol. The Morgan fingerprint density at radius 3 is 2.67 bits per heavy atom. The van der Waals surface area contributed by atoms with Crippen molar-refractivity contribution in [2.45, 2.75) is 26.3 Å². The van der Waals surface area contributed by atoms with Crippen molar-refractivity contribution in [1.82, 2.24) is 10.6 Å². The van der Waals surface area contributed by atoms with Crippen molar-refractivity contribution < 1.29 is 8.81 Å². The summed E-state index contributed by atoms with van der Waals surface area (Å²) in [4.78, 5) is 4.16. The van der Waals surface area contributed by atoms with Crippen LogP contribution in [0.5, 0.6) is 0 Å². The first-order valence-corrected chi connectivity index (χ1v) is 7.85. The lowest BCUT2D eigenvalue weighted by Gasteiger charge is -2.16. The molecular formula is C17H22ClFIN3O. The summed E-state index contributed by atoms with van der Waals surface area (Å²) in [6.07, 6.45) is 0.473. The number of hydrogen-bond acceptors (Lipinski definition) is 2. The zero-order chi connectivity index (χ0) is 16.8. The van der Waals surface area contributed by atoms with Gasteiger partial charge in [-0.2, -0.15) is 0 Å². The number of nitrogens with zero attached hydrogens (tertiary/aromatic N) is 1. The van der Waals surface area contributed by atoms with E-state index in [9.17, 15) is 4.39 Å². The van der Waals surface area contributed by atoms with Crippen LogP contribution in [0.1, 0.15) is 30.0 Å². The lowest BCUT2D eigenvalue weighted by molar-refractivity contribution is 0.441. The Hall–Kier alpha value is -1.28. The van der Waals surface area contributed by atoms with Gasteiger partial charge in [-0.15, -0.1) is 24.0 Å². The maximum atomic E-state index is 13.7. The number of guanidine groups is 1. The number of aryl methyl sites for hydroxylation is 1. The second-order valence-electron chi connectivity index (χ2n) is 5.26. The van der Waals surface area contributed by atoms with Crippen LogP contribution in [0, 0.1) is 12.7 Å². The van der Waals surface area contributed by atoms with E-state index in [0.29, 0.717) is 29.5 Å². The van der Waals surface area contributed by atoms with Gasteiger partial charge in [0.1, 0.15) is 17.3 Å². The molecular weight excluding hydrogens is 444 g/mol. The van der Waals surface area contributed by atoms with Crippen LogP contribution in [0.3, 0.4) is 0 Å². The van der Waals surface area contributed by atoms with Crippen LogP contribution in [0.2, 0.25) is 5.02 Å². The number of aliphatic imine (C=N–C) groups is 1. The van der Waals surface area contributed by atoms with Gasteiger partial charge >= 0.3 is 0 Å². The minimum Gasteiger partial charge on any atom is -0.464 e. The van der Waals surface area contributed by atoms with Gasteiger partial charge < -0.3 is 15.1 Å². The molecule has 0 fully saturated rings. The van der Waals surface area contributed by atoms with Crippen molar-refractivity contribution in [1.29, 1.82) is 0 Å². The Balaban J connectivity index is 0.00000288. The quantitative estimate of drug-likeness (QED) is 0.389. The molecule has 132 valence electrons. The first kappa shape index (κ1) is 20.8. The number of hydrogen-bond donors (Lipinski definition) is 2. The molecule has 0 radical (unpaired) electrons. The predicted molar refractivity (Wildman–Crippen MR) is 107 cm³/mol. The fraction of sp³-hybridized carbons (Fsp3) is 0.353. The summed E-state index contributed by atoms with van der Waals surface area (Å²) in [6.45, 7) is 4.41. The average Bonchev–Trinajstić information content (AvgIpc) is 2.95. The SMILES string of the molecule is CN=C(NCCc1c(F)cccc1Cl)NC(C)c1ccc(C)o1.I. The maximum absolute atomic E-state index is 13.7. The maximum Gasteiger partial charge on any atom is 0.191 e. The van der Waals surface area contributed by atoms with Gasteiger partial charge in [0.2, 0.25) is 0 Å². The van der Waals surface area contributed by atoms with Gasteiger partial charge in [-0.05, 0) is 44.5 Å². The minimum atomic E-state index is -0.290. The van der Waals surface area contributed by atoms with E-state index in [1.165, 1.54) is 6.07 Å². The van der Waals surface area contributed by atoms with Gasteiger partial charge in [0.25, 0.3) is 0 Å². The number of halogens is 3. The van der Waals surface area contributed by atoms with E-state index in [1.807, 2.05) is 26.0 Å². The molecule has 1 aromatic carbocycles. The van der Waals surface area contributed by atoms with Crippen LogP contribution in [0.4, 0.5) is 4.39 Å². The highest BCUT2D eigenvalue weighted by molar-refractivity contribution is 14.0.